The standard InChI is InChI=1S/C10H12NO3P/c1-7-3-4-9-8(5-7)10(6-11(9)2)15(12,13)14/h3-6H,1-2H3,(H2,12,13,14). The molecular weight excluding hydrogens is 213 g/mol. The Balaban J connectivity index is 2.87. The molecule has 0 aliphatic carbocycles. The van der Waals surface area contributed by atoms with Crippen LogP contribution in [0.5, 0.6) is 0 Å². The van der Waals surface area contributed by atoms with Crippen LogP contribution in [0, 0.1) is 6.92 Å². The highest BCUT2D eigenvalue weighted by Gasteiger charge is 2.22. The van der Waals surface area contributed by atoms with Gasteiger partial charge in [0.05, 0.1) is 5.30 Å². The number of hydrogen-bond acceptors (Lipinski definition) is 1. The minimum Gasteiger partial charge on any atom is -0.350 e. The molecule has 2 aromatic rings. The molecule has 1 heterocycles. The minimum atomic E-state index is -4.18. The van der Waals surface area contributed by atoms with Crippen molar-refractivity contribution in [1.29, 1.82) is 0 Å². The molecule has 80 valence electrons. The van der Waals surface area contributed by atoms with Gasteiger partial charge in [0.25, 0.3) is 0 Å². The van der Waals surface area contributed by atoms with Crippen LogP contribution in [0.2, 0.25) is 0 Å². The predicted octanol–water partition coefficient (Wildman–Crippen LogP) is 1.29. The number of fused-ring (bicyclic) bond motifs is 1. The molecule has 0 unspecified atom stereocenters. The van der Waals surface area contributed by atoms with Gasteiger partial charge in [-0.1, -0.05) is 11.6 Å². The monoisotopic (exact) mass is 225 g/mol. The van der Waals surface area contributed by atoms with Crippen LogP contribution in [0.15, 0.2) is 24.4 Å². The molecule has 0 aliphatic heterocycles. The van der Waals surface area contributed by atoms with Crippen molar-refractivity contribution in [3.8, 4) is 0 Å². The zero-order valence-electron chi connectivity index (χ0n) is 8.51. The van der Waals surface area contributed by atoms with E-state index in [-0.39, 0.29) is 5.30 Å². The number of aryl methyl sites for hydroxylation is 2. The molecular formula is C10H12NO3P. The largest absolute Gasteiger partial charge is 0.358 e. The fourth-order valence-electron chi connectivity index (χ4n) is 1.72. The molecule has 0 spiro atoms. The molecule has 0 radical (unpaired) electrons. The fraction of sp³-hybridized carbons (Fsp3) is 0.200. The van der Waals surface area contributed by atoms with E-state index in [1.165, 1.54) is 6.20 Å². The molecule has 0 aliphatic rings. The van der Waals surface area contributed by atoms with Crippen LogP contribution in [0.25, 0.3) is 10.9 Å². The van der Waals surface area contributed by atoms with E-state index in [1.54, 1.807) is 17.7 Å². The van der Waals surface area contributed by atoms with Crippen molar-refractivity contribution in [3.63, 3.8) is 0 Å². The van der Waals surface area contributed by atoms with Gasteiger partial charge in [0, 0.05) is 24.1 Å². The third-order valence-corrected chi connectivity index (χ3v) is 3.42. The van der Waals surface area contributed by atoms with Crippen molar-refractivity contribution in [3.05, 3.63) is 30.0 Å². The third-order valence-electron chi connectivity index (χ3n) is 2.44. The lowest BCUT2D eigenvalue weighted by Crippen LogP contribution is -2.01. The number of rotatable bonds is 1. The van der Waals surface area contributed by atoms with Gasteiger partial charge in [-0.25, -0.2) is 0 Å². The van der Waals surface area contributed by atoms with Crippen LogP contribution in [-0.4, -0.2) is 14.4 Å². The molecule has 1 aromatic heterocycles. The lowest BCUT2D eigenvalue weighted by Gasteiger charge is -2.01. The van der Waals surface area contributed by atoms with Crippen LogP contribution < -0.4 is 5.30 Å². The Morgan fingerprint density at radius 2 is 2.00 bits per heavy atom. The summed E-state index contributed by atoms with van der Waals surface area (Å²) in [6.45, 7) is 1.90. The molecule has 0 saturated heterocycles. The van der Waals surface area contributed by atoms with E-state index in [4.69, 9.17) is 0 Å². The number of nitrogens with zero attached hydrogens (tertiary/aromatic N) is 1. The van der Waals surface area contributed by atoms with Crippen LogP contribution in [0.1, 0.15) is 5.56 Å². The fourth-order valence-corrected chi connectivity index (χ4v) is 2.53. The van der Waals surface area contributed by atoms with E-state index in [2.05, 4.69) is 0 Å². The second-order valence-electron chi connectivity index (χ2n) is 3.69. The summed E-state index contributed by atoms with van der Waals surface area (Å²) >= 11 is 0. The maximum Gasteiger partial charge on any atom is 0.358 e. The Morgan fingerprint density at radius 3 is 2.60 bits per heavy atom. The van der Waals surface area contributed by atoms with Gasteiger partial charge < -0.3 is 14.4 Å². The number of aromatic nitrogens is 1. The Morgan fingerprint density at radius 1 is 1.33 bits per heavy atom. The zero-order chi connectivity index (χ0) is 11.2. The predicted molar refractivity (Wildman–Crippen MR) is 59.3 cm³/mol. The van der Waals surface area contributed by atoms with E-state index in [9.17, 15) is 14.4 Å². The first-order valence-corrected chi connectivity index (χ1v) is 6.12. The second-order valence-corrected chi connectivity index (χ2v) is 5.26. The van der Waals surface area contributed by atoms with Crippen LogP contribution in [-0.2, 0) is 11.6 Å². The Bertz CT molecular complexity index is 567. The first-order valence-electron chi connectivity index (χ1n) is 4.51. The van der Waals surface area contributed by atoms with Gasteiger partial charge in [-0.3, -0.25) is 4.57 Å². The average Bonchev–Trinajstić information content (AvgIpc) is 2.42. The topological polar surface area (TPSA) is 62.5 Å². The van der Waals surface area contributed by atoms with Gasteiger partial charge in [0.1, 0.15) is 0 Å². The van der Waals surface area contributed by atoms with Gasteiger partial charge in [0.15, 0.2) is 0 Å². The van der Waals surface area contributed by atoms with E-state index in [1.807, 2.05) is 19.1 Å². The van der Waals surface area contributed by atoms with E-state index in [0.717, 1.165) is 11.1 Å². The quantitative estimate of drug-likeness (QED) is 0.719. The summed E-state index contributed by atoms with van der Waals surface area (Å²) in [7, 11) is -2.41. The summed E-state index contributed by atoms with van der Waals surface area (Å²) < 4.78 is 13.0. The molecule has 0 amide bonds. The summed E-state index contributed by atoms with van der Waals surface area (Å²) in [6.07, 6.45) is 1.49. The molecule has 4 nitrogen and oxygen atoms in total. The van der Waals surface area contributed by atoms with Gasteiger partial charge in [0.2, 0.25) is 0 Å². The SMILES string of the molecule is Cc1ccc2c(c1)c(P(=O)(O)O)cn2C. The van der Waals surface area contributed by atoms with Crippen molar-refractivity contribution in [1.82, 2.24) is 4.57 Å². The maximum absolute atomic E-state index is 11.3. The van der Waals surface area contributed by atoms with E-state index in [0.29, 0.717) is 5.39 Å². The van der Waals surface area contributed by atoms with Crippen molar-refractivity contribution in [2.24, 2.45) is 7.05 Å². The Hall–Kier alpha value is -1.09. The first-order chi connectivity index (χ1) is 6.89. The maximum atomic E-state index is 11.3. The zero-order valence-corrected chi connectivity index (χ0v) is 9.40. The lowest BCUT2D eigenvalue weighted by molar-refractivity contribution is 0.387. The highest BCUT2D eigenvalue weighted by molar-refractivity contribution is 7.60. The molecule has 0 saturated carbocycles. The van der Waals surface area contributed by atoms with Crippen molar-refractivity contribution in [2.45, 2.75) is 6.92 Å². The smallest absolute Gasteiger partial charge is 0.350 e. The Kier molecular flexibility index (Phi) is 2.23. The van der Waals surface area contributed by atoms with Crippen molar-refractivity contribution < 1.29 is 14.4 Å². The highest BCUT2D eigenvalue weighted by atomic mass is 31.2. The lowest BCUT2D eigenvalue weighted by atomic mass is 10.2. The summed E-state index contributed by atoms with van der Waals surface area (Å²) in [5.41, 5.74) is 1.82. The first kappa shape index (κ1) is 10.4. The van der Waals surface area contributed by atoms with Crippen LogP contribution in [0.3, 0.4) is 0 Å². The molecule has 2 rings (SSSR count). The average molecular weight is 225 g/mol. The molecule has 0 fully saturated rings. The summed E-state index contributed by atoms with van der Waals surface area (Å²) in [4.78, 5) is 18.4. The van der Waals surface area contributed by atoms with E-state index < -0.39 is 7.60 Å². The second kappa shape index (κ2) is 3.20. The normalized spacial score (nSPS) is 12.3. The van der Waals surface area contributed by atoms with Gasteiger partial charge >= 0.3 is 7.60 Å². The molecule has 0 bridgehead atoms. The molecule has 5 heteroatoms. The van der Waals surface area contributed by atoms with Crippen molar-refractivity contribution in [2.75, 3.05) is 0 Å². The third kappa shape index (κ3) is 1.72. The van der Waals surface area contributed by atoms with Crippen molar-refractivity contribution >= 4 is 23.8 Å². The van der Waals surface area contributed by atoms with Gasteiger partial charge in [-0.15, -0.1) is 0 Å². The van der Waals surface area contributed by atoms with Crippen LogP contribution >= 0.6 is 7.60 Å². The van der Waals surface area contributed by atoms with E-state index >= 15 is 0 Å². The molecule has 0 atom stereocenters. The van der Waals surface area contributed by atoms with Gasteiger partial charge in [-0.2, -0.15) is 0 Å². The highest BCUT2D eigenvalue weighted by Crippen LogP contribution is 2.37. The molecule has 1 aromatic carbocycles. The molecule has 15 heavy (non-hydrogen) atoms. The summed E-state index contributed by atoms with van der Waals surface area (Å²) in [5.74, 6) is 0. The minimum absolute atomic E-state index is 0.101. The van der Waals surface area contributed by atoms with Gasteiger partial charge in [-0.05, 0) is 19.1 Å². The molecule has 2 N–H and O–H groups in total. The summed E-state index contributed by atoms with van der Waals surface area (Å²) in [5, 5.41) is 0.731. The number of benzene rings is 1. The number of hydrogen-bond donors (Lipinski definition) is 2. The Labute approximate surface area is 87.3 Å². The van der Waals surface area contributed by atoms with Crippen LogP contribution in [0.4, 0.5) is 0 Å². The summed E-state index contributed by atoms with van der Waals surface area (Å²) in [6, 6.07) is 5.58.